The minimum atomic E-state index is -0.225. The van der Waals surface area contributed by atoms with Crippen LogP contribution in [0.1, 0.15) is 18.5 Å². The molecule has 23 heavy (non-hydrogen) atoms. The van der Waals surface area contributed by atoms with E-state index in [1.165, 1.54) is 4.68 Å². The highest BCUT2D eigenvalue weighted by Gasteiger charge is 2.45. The van der Waals surface area contributed by atoms with Crippen LogP contribution in [0.5, 0.6) is 0 Å². The third-order valence-electron chi connectivity index (χ3n) is 4.96. The lowest BCUT2D eigenvalue weighted by Gasteiger charge is -2.39. The van der Waals surface area contributed by atoms with Gasteiger partial charge >= 0.3 is 0 Å². The van der Waals surface area contributed by atoms with Crippen LogP contribution in [0.15, 0.2) is 29.1 Å². The topological polar surface area (TPSA) is 73.2 Å². The Labute approximate surface area is 133 Å². The largest absolute Gasteiger partial charge is 0.378 e. The highest BCUT2D eigenvalue weighted by molar-refractivity contribution is 5.83. The second-order valence-corrected chi connectivity index (χ2v) is 6.37. The molecule has 3 atom stereocenters. The maximum atomic E-state index is 12.5. The predicted molar refractivity (Wildman–Crippen MR) is 85.1 cm³/mol. The SMILES string of the molecule is Cc1nn(CC(=O)N[C@@H]2C[C@H]3OCC[C@@H]23)c(=O)c2ccccc12. The monoisotopic (exact) mass is 313 g/mol. The van der Waals surface area contributed by atoms with E-state index >= 15 is 0 Å². The second kappa shape index (κ2) is 5.45. The molecule has 120 valence electrons. The molecule has 2 aliphatic rings. The number of amides is 1. The van der Waals surface area contributed by atoms with Gasteiger partial charge in [-0.25, -0.2) is 4.68 Å². The van der Waals surface area contributed by atoms with Crippen molar-refractivity contribution < 1.29 is 9.53 Å². The van der Waals surface area contributed by atoms with Crippen LogP contribution in [0.2, 0.25) is 0 Å². The number of rotatable bonds is 3. The van der Waals surface area contributed by atoms with Gasteiger partial charge in [-0.15, -0.1) is 0 Å². The van der Waals surface area contributed by atoms with Crippen LogP contribution in [0.4, 0.5) is 0 Å². The summed E-state index contributed by atoms with van der Waals surface area (Å²) >= 11 is 0. The fourth-order valence-electron chi connectivity index (χ4n) is 3.66. The van der Waals surface area contributed by atoms with E-state index in [2.05, 4.69) is 10.4 Å². The van der Waals surface area contributed by atoms with Crippen molar-refractivity contribution in [2.24, 2.45) is 5.92 Å². The Morgan fingerprint density at radius 1 is 1.39 bits per heavy atom. The summed E-state index contributed by atoms with van der Waals surface area (Å²) in [5.74, 6) is 0.270. The standard InChI is InChI=1S/C17H19N3O3/c1-10-11-4-2-3-5-12(11)17(22)20(19-10)9-16(21)18-14-8-15-13(14)6-7-23-15/h2-5,13-15H,6-9H2,1H3,(H,18,21)/t13-,14+,15+/m0/s1. The summed E-state index contributed by atoms with van der Waals surface area (Å²) in [6.45, 7) is 2.59. The summed E-state index contributed by atoms with van der Waals surface area (Å²) in [4.78, 5) is 24.7. The van der Waals surface area contributed by atoms with Crippen LogP contribution in [0.25, 0.3) is 10.8 Å². The van der Waals surface area contributed by atoms with Crippen molar-refractivity contribution in [3.63, 3.8) is 0 Å². The molecule has 1 aromatic heterocycles. The lowest BCUT2D eigenvalue weighted by atomic mass is 9.76. The number of hydrogen-bond donors (Lipinski definition) is 1. The van der Waals surface area contributed by atoms with E-state index in [4.69, 9.17) is 4.74 Å². The zero-order valence-electron chi connectivity index (χ0n) is 13.0. The van der Waals surface area contributed by atoms with Crippen LogP contribution in [0.3, 0.4) is 0 Å². The van der Waals surface area contributed by atoms with Crippen molar-refractivity contribution in [3.8, 4) is 0 Å². The maximum Gasteiger partial charge on any atom is 0.275 e. The smallest absolute Gasteiger partial charge is 0.275 e. The predicted octanol–water partition coefficient (Wildman–Crippen LogP) is 0.999. The zero-order valence-corrected chi connectivity index (χ0v) is 13.0. The van der Waals surface area contributed by atoms with Gasteiger partial charge in [-0.05, 0) is 25.8 Å². The Kier molecular flexibility index (Phi) is 3.41. The first-order valence-corrected chi connectivity index (χ1v) is 8.01. The molecule has 0 spiro atoms. The van der Waals surface area contributed by atoms with Gasteiger partial charge in [0, 0.05) is 24.0 Å². The molecule has 2 aromatic rings. The quantitative estimate of drug-likeness (QED) is 0.917. The van der Waals surface area contributed by atoms with Gasteiger partial charge in [0.15, 0.2) is 0 Å². The third kappa shape index (κ3) is 2.43. The highest BCUT2D eigenvalue weighted by Crippen LogP contribution is 2.38. The number of benzene rings is 1. The first kappa shape index (κ1) is 14.4. The Morgan fingerprint density at radius 2 is 2.17 bits per heavy atom. The lowest BCUT2D eigenvalue weighted by molar-refractivity contribution is -0.124. The Bertz CT molecular complexity index is 829. The number of aryl methyl sites for hydroxylation is 1. The molecule has 0 unspecified atom stereocenters. The van der Waals surface area contributed by atoms with Crippen LogP contribution >= 0.6 is 0 Å². The molecule has 1 aliphatic heterocycles. The van der Waals surface area contributed by atoms with Gasteiger partial charge in [0.25, 0.3) is 5.56 Å². The summed E-state index contributed by atoms with van der Waals surface area (Å²) in [6.07, 6.45) is 2.18. The summed E-state index contributed by atoms with van der Waals surface area (Å²) in [5.41, 5.74) is 0.526. The molecule has 6 nitrogen and oxygen atoms in total. The van der Waals surface area contributed by atoms with Gasteiger partial charge in [-0.2, -0.15) is 5.10 Å². The maximum absolute atomic E-state index is 12.5. The van der Waals surface area contributed by atoms with E-state index < -0.39 is 0 Å². The van der Waals surface area contributed by atoms with E-state index in [-0.39, 0.29) is 24.1 Å². The van der Waals surface area contributed by atoms with E-state index in [0.717, 1.165) is 30.5 Å². The second-order valence-electron chi connectivity index (χ2n) is 6.37. The van der Waals surface area contributed by atoms with Gasteiger partial charge in [-0.1, -0.05) is 18.2 Å². The van der Waals surface area contributed by atoms with Crippen molar-refractivity contribution in [1.29, 1.82) is 0 Å². The average molecular weight is 313 g/mol. The van der Waals surface area contributed by atoms with Crippen molar-refractivity contribution in [3.05, 3.63) is 40.3 Å². The van der Waals surface area contributed by atoms with Gasteiger partial charge in [0.2, 0.25) is 5.91 Å². The van der Waals surface area contributed by atoms with E-state index in [9.17, 15) is 9.59 Å². The highest BCUT2D eigenvalue weighted by atomic mass is 16.5. The number of carbonyl (C=O) groups excluding carboxylic acids is 1. The third-order valence-corrected chi connectivity index (χ3v) is 4.96. The number of ether oxygens (including phenoxy) is 1. The molecule has 1 N–H and O–H groups in total. The zero-order chi connectivity index (χ0) is 16.0. The Balaban J connectivity index is 1.52. The normalized spacial score (nSPS) is 25.9. The number of carbonyl (C=O) groups is 1. The fraction of sp³-hybridized carbons (Fsp3) is 0.471. The van der Waals surface area contributed by atoms with E-state index in [0.29, 0.717) is 17.4 Å². The van der Waals surface area contributed by atoms with Gasteiger partial charge in [0.05, 0.1) is 17.2 Å². The first-order chi connectivity index (χ1) is 11.1. The Morgan fingerprint density at radius 3 is 2.96 bits per heavy atom. The van der Waals surface area contributed by atoms with Crippen LogP contribution in [-0.2, 0) is 16.1 Å². The van der Waals surface area contributed by atoms with Crippen LogP contribution < -0.4 is 10.9 Å². The van der Waals surface area contributed by atoms with Crippen LogP contribution in [0, 0.1) is 12.8 Å². The summed E-state index contributed by atoms with van der Waals surface area (Å²) in [7, 11) is 0. The van der Waals surface area contributed by atoms with E-state index in [1.807, 2.05) is 25.1 Å². The van der Waals surface area contributed by atoms with Gasteiger partial charge in [0.1, 0.15) is 6.54 Å². The molecule has 2 fully saturated rings. The van der Waals surface area contributed by atoms with Gasteiger partial charge in [-0.3, -0.25) is 9.59 Å². The Hall–Kier alpha value is -2.21. The molecule has 1 aliphatic carbocycles. The van der Waals surface area contributed by atoms with E-state index in [1.54, 1.807) is 6.07 Å². The molecule has 0 bridgehead atoms. The summed E-state index contributed by atoms with van der Waals surface area (Å²) in [6, 6.07) is 7.52. The summed E-state index contributed by atoms with van der Waals surface area (Å²) < 4.78 is 6.80. The molecular formula is C17H19N3O3. The summed E-state index contributed by atoms with van der Waals surface area (Å²) in [5, 5.41) is 8.72. The molecule has 0 radical (unpaired) electrons. The van der Waals surface area contributed by atoms with Crippen molar-refractivity contribution >= 4 is 16.7 Å². The number of hydrogen-bond acceptors (Lipinski definition) is 4. The molecule has 2 heterocycles. The molecule has 6 heteroatoms. The van der Waals surface area contributed by atoms with Gasteiger partial charge < -0.3 is 10.1 Å². The number of fused-ring (bicyclic) bond motifs is 2. The molecule has 1 saturated heterocycles. The molecule has 1 amide bonds. The van der Waals surface area contributed by atoms with Crippen LogP contribution in [-0.4, -0.2) is 34.4 Å². The molecular weight excluding hydrogens is 294 g/mol. The number of nitrogens with one attached hydrogen (secondary N) is 1. The minimum Gasteiger partial charge on any atom is -0.378 e. The van der Waals surface area contributed by atoms with Crippen molar-refractivity contribution in [2.45, 2.75) is 38.5 Å². The minimum absolute atomic E-state index is 0.0424. The number of nitrogens with zero attached hydrogens (tertiary/aromatic N) is 2. The lowest BCUT2D eigenvalue weighted by Crippen LogP contribution is -2.54. The van der Waals surface area contributed by atoms with Crippen molar-refractivity contribution in [1.82, 2.24) is 15.1 Å². The average Bonchev–Trinajstić information content (AvgIpc) is 2.91. The first-order valence-electron chi connectivity index (χ1n) is 8.01. The molecule has 4 rings (SSSR count). The van der Waals surface area contributed by atoms with Crippen molar-refractivity contribution in [2.75, 3.05) is 6.61 Å². The molecule has 1 aromatic carbocycles. The molecule has 1 saturated carbocycles. The fourth-order valence-corrected chi connectivity index (χ4v) is 3.66. The number of aromatic nitrogens is 2.